The van der Waals surface area contributed by atoms with Gasteiger partial charge in [-0.3, -0.25) is 4.79 Å². The van der Waals surface area contributed by atoms with E-state index in [9.17, 15) is 4.79 Å². The molecule has 2 nitrogen and oxygen atoms in total. The van der Waals surface area contributed by atoms with Gasteiger partial charge in [-0.25, -0.2) is 0 Å². The van der Waals surface area contributed by atoms with Gasteiger partial charge in [0.05, 0.1) is 14.5 Å². The topological polar surface area (TPSA) is 26.3 Å². The summed E-state index contributed by atoms with van der Waals surface area (Å²) in [7, 11) is 5.40. The van der Waals surface area contributed by atoms with Crippen molar-refractivity contribution >= 4 is 13.8 Å². The molecule has 0 rings (SSSR count). The van der Waals surface area contributed by atoms with Gasteiger partial charge in [-0.05, 0) is 13.3 Å². The molecule has 0 heterocycles. The molecule has 0 aromatic rings. The fourth-order valence-corrected chi connectivity index (χ4v) is 1.53. The standard InChI is InChI=1S/C12H23BO2/c1-2-15-12(14)10-8-6-4-3-5-7-9-11-13/h2-11H2,1H3. The van der Waals surface area contributed by atoms with E-state index in [0.29, 0.717) is 13.0 Å². The fraction of sp³-hybridized carbons (Fsp3) is 0.917. The highest BCUT2D eigenvalue weighted by molar-refractivity contribution is 6.08. The van der Waals surface area contributed by atoms with Gasteiger partial charge in [-0.15, -0.1) is 0 Å². The van der Waals surface area contributed by atoms with Crippen LogP contribution in [0.5, 0.6) is 0 Å². The quantitative estimate of drug-likeness (QED) is 0.314. The maximum Gasteiger partial charge on any atom is 0.305 e. The zero-order valence-electron chi connectivity index (χ0n) is 9.96. The summed E-state index contributed by atoms with van der Waals surface area (Å²) in [5.41, 5.74) is 0. The van der Waals surface area contributed by atoms with Crippen LogP contribution < -0.4 is 0 Å². The third kappa shape index (κ3) is 11.5. The molecule has 86 valence electrons. The largest absolute Gasteiger partial charge is 0.466 e. The average Bonchev–Trinajstić information content (AvgIpc) is 2.22. The van der Waals surface area contributed by atoms with Gasteiger partial charge in [-0.1, -0.05) is 44.8 Å². The van der Waals surface area contributed by atoms with Gasteiger partial charge in [0, 0.05) is 6.42 Å². The Morgan fingerprint density at radius 1 is 1.00 bits per heavy atom. The molecule has 0 saturated carbocycles. The molecule has 0 unspecified atom stereocenters. The van der Waals surface area contributed by atoms with Gasteiger partial charge in [0.25, 0.3) is 0 Å². The van der Waals surface area contributed by atoms with Crippen LogP contribution in [0.4, 0.5) is 0 Å². The molecule has 2 radical (unpaired) electrons. The first-order valence-electron chi connectivity index (χ1n) is 6.17. The summed E-state index contributed by atoms with van der Waals surface area (Å²) < 4.78 is 4.85. The van der Waals surface area contributed by atoms with Gasteiger partial charge >= 0.3 is 5.97 Å². The minimum absolute atomic E-state index is 0.0550. The number of unbranched alkanes of at least 4 members (excludes halogenated alkanes) is 6. The highest BCUT2D eigenvalue weighted by atomic mass is 16.5. The Labute approximate surface area is 95.2 Å². The maximum absolute atomic E-state index is 11.0. The lowest BCUT2D eigenvalue weighted by atomic mass is 9.98. The minimum atomic E-state index is -0.0550. The van der Waals surface area contributed by atoms with E-state index in [1.54, 1.807) is 0 Å². The Balaban J connectivity index is 3.01. The molecular formula is C12H23BO2. The van der Waals surface area contributed by atoms with Gasteiger partial charge in [0.2, 0.25) is 0 Å². The lowest BCUT2D eigenvalue weighted by molar-refractivity contribution is -0.143. The molecule has 0 N–H and O–H groups in total. The average molecular weight is 210 g/mol. The van der Waals surface area contributed by atoms with Crippen LogP contribution in [0.2, 0.25) is 6.32 Å². The highest BCUT2D eigenvalue weighted by Crippen LogP contribution is 2.09. The molecule has 0 atom stereocenters. The third-order valence-electron chi connectivity index (χ3n) is 2.39. The molecule has 0 spiro atoms. The van der Waals surface area contributed by atoms with E-state index in [1.807, 2.05) is 6.92 Å². The first-order chi connectivity index (χ1) is 7.31. The zero-order valence-corrected chi connectivity index (χ0v) is 9.96. The Morgan fingerprint density at radius 2 is 1.53 bits per heavy atom. The number of hydrogen-bond acceptors (Lipinski definition) is 2. The summed E-state index contributed by atoms with van der Waals surface area (Å²) in [6, 6.07) is 0. The van der Waals surface area contributed by atoms with Crippen LogP contribution in [0, 0.1) is 0 Å². The van der Waals surface area contributed by atoms with Crippen molar-refractivity contribution < 1.29 is 9.53 Å². The second-order valence-electron chi connectivity index (χ2n) is 3.82. The Hall–Kier alpha value is -0.465. The maximum atomic E-state index is 11.0. The number of rotatable bonds is 10. The summed E-state index contributed by atoms with van der Waals surface area (Å²) in [6.45, 7) is 2.34. The molecule has 3 heteroatoms. The van der Waals surface area contributed by atoms with Crippen molar-refractivity contribution in [2.75, 3.05) is 6.61 Å². The summed E-state index contributed by atoms with van der Waals surface area (Å²) in [5, 5.41) is 0. The third-order valence-corrected chi connectivity index (χ3v) is 2.39. The van der Waals surface area contributed by atoms with Crippen molar-refractivity contribution in [2.24, 2.45) is 0 Å². The summed E-state index contributed by atoms with van der Waals surface area (Å²) in [5.74, 6) is -0.0550. The molecule has 15 heavy (non-hydrogen) atoms. The number of carbonyl (C=O) groups excluding carboxylic acids is 1. The minimum Gasteiger partial charge on any atom is -0.466 e. The molecular weight excluding hydrogens is 187 g/mol. The van der Waals surface area contributed by atoms with Crippen molar-refractivity contribution in [3.8, 4) is 0 Å². The fourth-order valence-electron chi connectivity index (χ4n) is 1.53. The van der Waals surface area contributed by atoms with Gasteiger partial charge < -0.3 is 4.74 Å². The van der Waals surface area contributed by atoms with Crippen molar-refractivity contribution in [1.29, 1.82) is 0 Å². The van der Waals surface area contributed by atoms with Crippen LogP contribution in [0.15, 0.2) is 0 Å². The van der Waals surface area contributed by atoms with Gasteiger partial charge in [0.1, 0.15) is 0 Å². The molecule has 0 saturated heterocycles. The van der Waals surface area contributed by atoms with Crippen LogP contribution in [0.1, 0.15) is 58.3 Å². The first-order valence-corrected chi connectivity index (χ1v) is 6.17. The SMILES string of the molecule is [B]CCCCCCCCCC(=O)OCC. The molecule has 0 aromatic carbocycles. The van der Waals surface area contributed by atoms with Crippen molar-refractivity contribution in [3.63, 3.8) is 0 Å². The number of hydrogen-bond donors (Lipinski definition) is 0. The van der Waals surface area contributed by atoms with Crippen LogP contribution in [-0.2, 0) is 9.53 Å². The molecule has 0 fully saturated rings. The monoisotopic (exact) mass is 210 g/mol. The molecule has 0 aliphatic carbocycles. The lowest BCUT2D eigenvalue weighted by Crippen LogP contribution is -2.03. The molecule has 0 amide bonds. The Bertz CT molecular complexity index is 149. The Morgan fingerprint density at radius 3 is 2.07 bits per heavy atom. The zero-order chi connectivity index (χ0) is 11.4. The van der Waals surface area contributed by atoms with E-state index in [4.69, 9.17) is 12.6 Å². The summed E-state index contributed by atoms with van der Waals surface area (Å²) in [4.78, 5) is 11.0. The smallest absolute Gasteiger partial charge is 0.305 e. The second-order valence-corrected chi connectivity index (χ2v) is 3.82. The molecule has 0 bridgehead atoms. The first kappa shape index (κ1) is 14.5. The molecule has 0 aliphatic rings. The summed E-state index contributed by atoms with van der Waals surface area (Å²) in [6.07, 6.45) is 9.65. The van der Waals surface area contributed by atoms with Crippen molar-refractivity contribution in [3.05, 3.63) is 0 Å². The normalized spacial score (nSPS) is 10.2. The molecule has 0 aliphatic heterocycles. The van der Waals surface area contributed by atoms with E-state index < -0.39 is 0 Å². The highest BCUT2D eigenvalue weighted by Gasteiger charge is 2.00. The van der Waals surface area contributed by atoms with E-state index in [1.165, 1.54) is 25.7 Å². The van der Waals surface area contributed by atoms with Gasteiger partial charge in [0.15, 0.2) is 0 Å². The van der Waals surface area contributed by atoms with Crippen molar-refractivity contribution in [2.45, 2.75) is 64.6 Å². The predicted octanol–water partition coefficient (Wildman–Crippen LogP) is 3.26. The Kier molecular flexibility index (Phi) is 11.2. The van der Waals surface area contributed by atoms with Crippen LogP contribution in [-0.4, -0.2) is 20.4 Å². The number of ether oxygens (including phenoxy) is 1. The predicted molar refractivity (Wildman–Crippen MR) is 64.1 cm³/mol. The summed E-state index contributed by atoms with van der Waals surface area (Å²) >= 11 is 0. The van der Waals surface area contributed by atoms with E-state index in [0.717, 1.165) is 25.6 Å². The molecule has 0 aromatic heterocycles. The van der Waals surface area contributed by atoms with E-state index >= 15 is 0 Å². The lowest BCUT2D eigenvalue weighted by Gasteiger charge is -2.02. The number of carbonyl (C=O) groups is 1. The van der Waals surface area contributed by atoms with Crippen molar-refractivity contribution in [1.82, 2.24) is 0 Å². The van der Waals surface area contributed by atoms with Gasteiger partial charge in [-0.2, -0.15) is 0 Å². The van der Waals surface area contributed by atoms with E-state index in [2.05, 4.69) is 0 Å². The van der Waals surface area contributed by atoms with Crippen LogP contribution >= 0.6 is 0 Å². The second kappa shape index (κ2) is 11.6. The number of esters is 1. The van der Waals surface area contributed by atoms with E-state index in [-0.39, 0.29) is 5.97 Å². The van der Waals surface area contributed by atoms with Crippen LogP contribution in [0.3, 0.4) is 0 Å². The van der Waals surface area contributed by atoms with Crippen LogP contribution in [0.25, 0.3) is 0 Å².